The van der Waals surface area contributed by atoms with Crippen LogP contribution in [-0.4, -0.2) is 11.6 Å². The third-order valence-corrected chi connectivity index (χ3v) is 1.87. The molecule has 76 valence electrons. The van der Waals surface area contributed by atoms with Crippen molar-refractivity contribution in [2.75, 3.05) is 6.61 Å². The summed E-state index contributed by atoms with van der Waals surface area (Å²) < 4.78 is 5.56. The third kappa shape index (κ3) is 3.18. The molecule has 0 radical (unpaired) electrons. The zero-order valence-corrected chi connectivity index (χ0v) is 8.49. The molecule has 1 heterocycles. The standard InChI is InChI=1S/C11H16N2O/c1-9(2)4-6-14-11-3-5-13-8-10(11)7-12/h3,5,8H,1,4,6-7,12H2,2H3. The van der Waals surface area contributed by atoms with E-state index in [0.29, 0.717) is 13.2 Å². The summed E-state index contributed by atoms with van der Waals surface area (Å²) in [7, 11) is 0. The van der Waals surface area contributed by atoms with Gasteiger partial charge in [0.15, 0.2) is 0 Å². The van der Waals surface area contributed by atoms with Crippen molar-refractivity contribution in [2.24, 2.45) is 5.73 Å². The normalized spacial score (nSPS) is 9.86. The van der Waals surface area contributed by atoms with Gasteiger partial charge < -0.3 is 10.5 Å². The number of aromatic nitrogens is 1. The Hall–Kier alpha value is -1.35. The van der Waals surface area contributed by atoms with Crippen LogP contribution in [0, 0.1) is 0 Å². The summed E-state index contributed by atoms with van der Waals surface area (Å²) in [6, 6.07) is 1.83. The molecule has 1 rings (SSSR count). The molecule has 0 aliphatic carbocycles. The highest BCUT2D eigenvalue weighted by Gasteiger charge is 2.00. The van der Waals surface area contributed by atoms with Crippen molar-refractivity contribution < 1.29 is 4.74 Å². The first-order valence-corrected chi connectivity index (χ1v) is 4.64. The van der Waals surface area contributed by atoms with Crippen molar-refractivity contribution in [3.63, 3.8) is 0 Å². The van der Waals surface area contributed by atoms with Gasteiger partial charge in [0.05, 0.1) is 6.61 Å². The molecule has 0 unspecified atom stereocenters. The Kier molecular flexibility index (Phi) is 4.13. The maximum absolute atomic E-state index is 5.56. The lowest BCUT2D eigenvalue weighted by Crippen LogP contribution is -2.04. The lowest BCUT2D eigenvalue weighted by atomic mass is 10.2. The maximum Gasteiger partial charge on any atom is 0.126 e. The third-order valence-electron chi connectivity index (χ3n) is 1.87. The summed E-state index contributed by atoms with van der Waals surface area (Å²) in [6.45, 7) is 6.90. The number of nitrogens with zero attached hydrogens (tertiary/aromatic N) is 1. The smallest absolute Gasteiger partial charge is 0.126 e. The summed E-state index contributed by atoms with van der Waals surface area (Å²) in [5.74, 6) is 0.823. The van der Waals surface area contributed by atoms with E-state index in [0.717, 1.165) is 23.3 Å². The van der Waals surface area contributed by atoms with E-state index in [2.05, 4.69) is 11.6 Å². The minimum Gasteiger partial charge on any atom is -0.493 e. The topological polar surface area (TPSA) is 48.1 Å². The molecular formula is C11H16N2O. The van der Waals surface area contributed by atoms with Gasteiger partial charge in [-0.3, -0.25) is 4.98 Å². The average molecular weight is 192 g/mol. The number of pyridine rings is 1. The minimum absolute atomic E-state index is 0.455. The highest BCUT2D eigenvalue weighted by molar-refractivity contribution is 5.29. The first-order valence-electron chi connectivity index (χ1n) is 4.64. The monoisotopic (exact) mass is 192 g/mol. The molecule has 0 aromatic carbocycles. The number of ether oxygens (including phenoxy) is 1. The van der Waals surface area contributed by atoms with Crippen LogP contribution in [0.1, 0.15) is 18.9 Å². The van der Waals surface area contributed by atoms with Crippen molar-refractivity contribution in [3.8, 4) is 5.75 Å². The van der Waals surface area contributed by atoms with Gasteiger partial charge in [-0.15, -0.1) is 6.58 Å². The molecule has 0 amide bonds. The van der Waals surface area contributed by atoms with Crippen LogP contribution in [0.5, 0.6) is 5.75 Å². The van der Waals surface area contributed by atoms with E-state index in [1.54, 1.807) is 12.4 Å². The molecule has 0 aliphatic rings. The van der Waals surface area contributed by atoms with Crippen LogP contribution in [0.3, 0.4) is 0 Å². The number of hydrogen-bond donors (Lipinski definition) is 1. The second-order valence-corrected chi connectivity index (χ2v) is 3.24. The van der Waals surface area contributed by atoms with Gasteiger partial charge >= 0.3 is 0 Å². The Labute approximate surface area is 84.6 Å². The molecule has 1 aromatic rings. The van der Waals surface area contributed by atoms with E-state index in [1.807, 2.05) is 13.0 Å². The zero-order chi connectivity index (χ0) is 10.4. The largest absolute Gasteiger partial charge is 0.493 e. The molecule has 0 saturated heterocycles. The second kappa shape index (κ2) is 5.40. The van der Waals surface area contributed by atoms with Crippen molar-refractivity contribution in [1.29, 1.82) is 0 Å². The van der Waals surface area contributed by atoms with E-state index >= 15 is 0 Å². The van der Waals surface area contributed by atoms with Crippen molar-refractivity contribution in [1.82, 2.24) is 4.98 Å². The highest BCUT2D eigenvalue weighted by Crippen LogP contribution is 2.16. The zero-order valence-electron chi connectivity index (χ0n) is 8.49. The van der Waals surface area contributed by atoms with E-state index in [-0.39, 0.29) is 0 Å². The van der Waals surface area contributed by atoms with Gasteiger partial charge in [-0.1, -0.05) is 5.57 Å². The van der Waals surface area contributed by atoms with Crippen LogP contribution >= 0.6 is 0 Å². The Bertz CT molecular complexity index is 310. The fraction of sp³-hybridized carbons (Fsp3) is 0.364. The summed E-state index contributed by atoms with van der Waals surface area (Å²) in [4.78, 5) is 3.98. The quantitative estimate of drug-likeness (QED) is 0.725. The van der Waals surface area contributed by atoms with Crippen LogP contribution in [0.15, 0.2) is 30.6 Å². The maximum atomic E-state index is 5.56. The summed E-state index contributed by atoms with van der Waals surface area (Å²) in [5.41, 5.74) is 7.60. The molecule has 3 heteroatoms. The van der Waals surface area contributed by atoms with Crippen molar-refractivity contribution >= 4 is 0 Å². The van der Waals surface area contributed by atoms with Crippen LogP contribution in [0.25, 0.3) is 0 Å². The Morgan fingerprint density at radius 2 is 2.43 bits per heavy atom. The average Bonchev–Trinajstić information content (AvgIpc) is 2.18. The molecule has 3 nitrogen and oxygen atoms in total. The molecule has 0 fully saturated rings. The van der Waals surface area contributed by atoms with Gasteiger partial charge in [0.1, 0.15) is 5.75 Å². The first kappa shape index (κ1) is 10.7. The number of hydrogen-bond acceptors (Lipinski definition) is 3. The Morgan fingerprint density at radius 1 is 1.64 bits per heavy atom. The van der Waals surface area contributed by atoms with Gasteiger partial charge in [-0.2, -0.15) is 0 Å². The second-order valence-electron chi connectivity index (χ2n) is 3.24. The van der Waals surface area contributed by atoms with Gasteiger partial charge in [-0.05, 0) is 13.0 Å². The summed E-state index contributed by atoms with van der Waals surface area (Å²) in [6.07, 6.45) is 4.30. The van der Waals surface area contributed by atoms with E-state index in [9.17, 15) is 0 Å². The van der Waals surface area contributed by atoms with Gasteiger partial charge in [0, 0.05) is 30.9 Å². The van der Waals surface area contributed by atoms with Crippen LogP contribution in [-0.2, 0) is 6.54 Å². The van der Waals surface area contributed by atoms with Crippen molar-refractivity contribution in [3.05, 3.63) is 36.2 Å². The molecule has 0 aliphatic heterocycles. The number of nitrogens with two attached hydrogens (primary N) is 1. The minimum atomic E-state index is 0.455. The molecule has 2 N–H and O–H groups in total. The van der Waals surface area contributed by atoms with Gasteiger partial charge in [0.2, 0.25) is 0 Å². The van der Waals surface area contributed by atoms with Crippen LogP contribution in [0.4, 0.5) is 0 Å². The molecule has 0 spiro atoms. The summed E-state index contributed by atoms with van der Waals surface area (Å²) in [5, 5.41) is 0. The molecule has 0 saturated carbocycles. The predicted molar refractivity (Wildman–Crippen MR) is 57.1 cm³/mol. The molecule has 0 atom stereocenters. The Morgan fingerprint density at radius 3 is 3.07 bits per heavy atom. The fourth-order valence-corrected chi connectivity index (χ4v) is 1.04. The predicted octanol–water partition coefficient (Wildman–Crippen LogP) is 1.89. The van der Waals surface area contributed by atoms with Crippen molar-refractivity contribution in [2.45, 2.75) is 19.9 Å². The lowest BCUT2D eigenvalue weighted by Gasteiger charge is -2.09. The molecule has 0 bridgehead atoms. The van der Waals surface area contributed by atoms with Gasteiger partial charge in [-0.25, -0.2) is 0 Å². The highest BCUT2D eigenvalue weighted by atomic mass is 16.5. The van der Waals surface area contributed by atoms with Gasteiger partial charge in [0.25, 0.3) is 0 Å². The van der Waals surface area contributed by atoms with E-state index in [1.165, 1.54) is 0 Å². The van der Waals surface area contributed by atoms with Crippen LogP contribution < -0.4 is 10.5 Å². The SMILES string of the molecule is C=C(C)CCOc1ccncc1CN. The fourth-order valence-electron chi connectivity index (χ4n) is 1.04. The molecule has 1 aromatic heterocycles. The molecule has 14 heavy (non-hydrogen) atoms. The first-order chi connectivity index (χ1) is 6.74. The Balaban J connectivity index is 2.53. The van der Waals surface area contributed by atoms with Crippen LogP contribution in [0.2, 0.25) is 0 Å². The van der Waals surface area contributed by atoms with E-state index < -0.39 is 0 Å². The number of rotatable bonds is 5. The molecular weight excluding hydrogens is 176 g/mol. The van der Waals surface area contributed by atoms with E-state index in [4.69, 9.17) is 10.5 Å². The summed E-state index contributed by atoms with van der Waals surface area (Å²) >= 11 is 0. The lowest BCUT2D eigenvalue weighted by molar-refractivity contribution is 0.318.